The van der Waals surface area contributed by atoms with E-state index in [9.17, 15) is 13.2 Å². The Hall–Kier alpha value is -1.98. The minimum absolute atomic E-state index is 0.284. The molecule has 2 rings (SSSR count). The van der Waals surface area contributed by atoms with Crippen LogP contribution >= 0.6 is 0 Å². The Labute approximate surface area is 95.9 Å². The quantitative estimate of drug-likeness (QED) is 0.876. The number of rotatable bonds is 2. The molecule has 0 spiro atoms. The maximum Gasteiger partial charge on any atom is 0.207 e. The van der Waals surface area contributed by atoms with Crippen LogP contribution in [0.2, 0.25) is 0 Å². The van der Waals surface area contributed by atoms with Gasteiger partial charge in [-0.3, -0.25) is 0 Å². The topological polar surface area (TPSA) is 29.9 Å². The molecule has 90 valence electrons. The average Bonchev–Trinajstić information content (AvgIpc) is 2.51. The lowest BCUT2D eigenvalue weighted by Crippen LogP contribution is -2.03. The van der Waals surface area contributed by atoms with Crippen molar-refractivity contribution in [1.29, 1.82) is 0 Å². The molecule has 0 aliphatic carbocycles. The Morgan fingerprint density at radius 1 is 1.18 bits per heavy atom. The number of benzene rings is 1. The molecule has 0 saturated heterocycles. The van der Waals surface area contributed by atoms with Gasteiger partial charge in [0.2, 0.25) is 5.95 Å². The van der Waals surface area contributed by atoms with Crippen LogP contribution in [0.3, 0.4) is 0 Å². The zero-order valence-electron chi connectivity index (χ0n) is 9.26. The van der Waals surface area contributed by atoms with E-state index in [0.29, 0.717) is 17.8 Å². The second kappa shape index (κ2) is 4.12. The first-order chi connectivity index (χ1) is 7.97. The van der Waals surface area contributed by atoms with Crippen molar-refractivity contribution in [3.63, 3.8) is 0 Å². The molecule has 0 saturated carbocycles. The summed E-state index contributed by atoms with van der Waals surface area (Å²) in [5.74, 6) is -2.67. The van der Waals surface area contributed by atoms with Crippen molar-refractivity contribution in [3.05, 3.63) is 41.5 Å². The van der Waals surface area contributed by atoms with Crippen LogP contribution in [0.25, 0.3) is 0 Å². The maximum atomic E-state index is 13.4. The van der Waals surface area contributed by atoms with Gasteiger partial charge < -0.3 is 9.88 Å². The molecule has 6 heteroatoms. The summed E-state index contributed by atoms with van der Waals surface area (Å²) < 4.78 is 41.0. The summed E-state index contributed by atoms with van der Waals surface area (Å²) in [4.78, 5) is 4.03. The van der Waals surface area contributed by atoms with Crippen molar-refractivity contribution in [3.8, 4) is 0 Å². The fourth-order valence-electron chi connectivity index (χ4n) is 1.51. The van der Waals surface area contributed by atoms with E-state index in [4.69, 9.17) is 0 Å². The monoisotopic (exact) mass is 241 g/mol. The molecule has 1 heterocycles. The Morgan fingerprint density at radius 2 is 1.76 bits per heavy atom. The number of anilines is 2. The summed E-state index contributed by atoms with van der Waals surface area (Å²) in [5.41, 5.74) is 0.290. The third-order valence-electron chi connectivity index (χ3n) is 2.24. The van der Waals surface area contributed by atoms with Gasteiger partial charge in [0.25, 0.3) is 0 Å². The van der Waals surface area contributed by atoms with Gasteiger partial charge in [0, 0.05) is 25.4 Å². The van der Waals surface area contributed by atoms with Gasteiger partial charge in [-0.15, -0.1) is 0 Å². The predicted octanol–water partition coefficient (Wildman–Crippen LogP) is 2.89. The van der Waals surface area contributed by atoms with Crippen LogP contribution in [0.1, 0.15) is 5.69 Å². The third kappa shape index (κ3) is 2.25. The smallest absolute Gasteiger partial charge is 0.207 e. The Kier molecular flexibility index (Phi) is 2.79. The van der Waals surface area contributed by atoms with E-state index in [-0.39, 0.29) is 5.95 Å². The lowest BCUT2D eigenvalue weighted by molar-refractivity contribution is 0.548. The zero-order valence-corrected chi connectivity index (χ0v) is 9.26. The molecular weight excluding hydrogens is 231 g/mol. The molecule has 0 aliphatic heterocycles. The molecule has 0 fully saturated rings. The van der Waals surface area contributed by atoms with E-state index >= 15 is 0 Å². The van der Waals surface area contributed by atoms with Crippen LogP contribution in [0.5, 0.6) is 0 Å². The molecule has 3 nitrogen and oxygen atoms in total. The van der Waals surface area contributed by atoms with E-state index in [1.165, 1.54) is 0 Å². The van der Waals surface area contributed by atoms with Gasteiger partial charge in [0.15, 0.2) is 11.6 Å². The number of hydrogen-bond donors (Lipinski definition) is 1. The number of halogens is 3. The number of hydrogen-bond acceptors (Lipinski definition) is 2. The van der Waals surface area contributed by atoms with Crippen molar-refractivity contribution >= 4 is 11.6 Å². The lowest BCUT2D eigenvalue weighted by Gasteiger charge is -2.08. The van der Waals surface area contributed by atoms with Gasteiger partial charge in [-0.05, 0) is 6.92 Å². The van der Waals surface area contributed by atoms with Gasteiger partial charge in [-0.2, -0.15) is 0 Å². The second-order valence-corrected chi connectivity index (χ2v) is 3.69. The molecular formula is C11H10F3N3. The van der Waals surface area contributed by atoms with Gasteiger partial charge in [0.05, 0.1) is 5.69 Å². The molecule has 0 amide bonds. The minimum atomic E-state index is -0.997. The summed E-state index contributed by atoms with van der Waals surface area (Å²) in [5, 5.41) is 2.49. The first-order valence-corrected chi connectivity index (χ1v) is 4.89. The fraction of sp³-hybridized carbons (Fsp3) is 0.182. The van der Waals surface area contributed by atoms with E-state index in [2.05, 4.69) is 10.3 Å². The molecule has 17 heavy (non-hydrogen) atoms. The van der Waals surface area contributed by atoms with Crippen LogP contribution in [0.15, 0.2) is 18.3 Å². The third-order valence-corrected chi connectivity index (χ3v) is 2.24. The first-order valence-electron chi connectivity index (χ1n) is 4.89. The normalized spacial score (nSPS) is 10.6. The molecule has 0 atom stereocenters. The molecule has 1 aromatic carbocycles. The Balaban J connectivity index is 2.39. The molecule has 0 radical (unpaired) electrons. The average molecular weight is 241 g/mol. The highest BCUT2D eigenvalue weighted by atomic mass is 19.1. The summed E-state index contributed by atoms with van der Waals surface area (Å²) in [6.07, 6.45) is 1.70. The molecule has 1 N–H and O–H groups in total. The van der Waals surface area contributed by atoms with Crippen LogP contribution < -0.4 is 5.32 Å². The van der Waals surface area contributed by atoms with Crippen LogP contribution in [0, 0.1) is 24.4 Å². The van der Waals surface area contributed by atoms with Crippen molar-refractivity contribution in [2.45, 2.75) is 6.92 Å². The van der Waals surface area contributed by atoms with E-state index < -0.39 is 23.1 Å². The SMILES string of the molecule is Cc1cn(C)c(Nc2c(F)cc(F)cc2F)n1. The summed E-state index contributed by atoms with van der Waals surface area (Å²) in [7, 11) is 1.68. The summed E-state index contributed by atoms with van der Waals surface area (Å²) in [6.45, 7) is 1.75. The van der Waals surface area contributed by atoms with Crippen molar-refractivity contribution in [1.82, 2.24) is 9.55 Å². The van der Waals surface area contributed by atoms with Crippen molar-refractivity contribution in [2.24, 2.45) is 7.05 Å². The number of nitrogens with one attached hydrogen (secondary N) is 1. The zero-order chi connectivity index (χ0) is 12.6. The fourth-order valence-corrected chi connectivity index (χ4v) is 1.51. The second-order valence-electron chi connectivity index (χ2n) is 3.69. The molecule has 0 aliphatic rings. The number of imidazole rings is 1. The highest BCUT2D eigenvalue weighted by Gasteiger charge is 2.13. The Morgan fingerprint density at radius 3 is 2.24 bits per heavy atom. The number of aryl methyl sites for hydroxylation is 2. The van der Waals surface area contributed by atoms with Gasteiger partial charge in [-0.1, -0.05) is 0 Å². The number of aromatic nitrogens is 2. The van der Waals surface area contributed by atoms with Gasteiger partial charge >= 0.3 is 0 Å². The maximum absolute atomic E-state index is 13.4. The molecule has 2 aromatic rings. The van der Waals surface area contributed by atoms with Crippen molar-refractivity contribution in [2.75, 3.05) is 5.32 Å². The van der Waals surface area contributed by atoms with E-state index in [0.717, 1.165) is 0 Å². The summed E-state index contributed by atoms with van der Waals surface area (Å²) >= 11 is 0. The van der Waals surface area contributed by atoms with Crippen LogP contribution in [-0.4, -0.2) is 9.55 Å². The largest absolute Gasteiger partial charge is 0.321 e. The van der Waals surface area contributed by atoms with Crippen LogP contribution in [0.4, 0.5) is 24.8 Å². The first kappa shape index (κ1) is 11.5. The van der Waals surface area contributed by atoms with Crippen molar-refractivity contribution < 1.29 is 13.2 Å². The minimum Gasteiger partial charge on any atom is -0.321 e. The molecule has 1 aromatic heterocycles. The van der Waals surface area contributed by atoms with E-state index in [1.54, 1.807) is 24.7 Å². The van der Waals surface area contributed by atoms with Gasteiger partial charge in [0.1, 0.15) is 11.5 Å². The molecule has 0 unspecified atom stereocenters. The lowest BCUT2D eigenvalue weighted by atomic mass is 10.3. The predicted molar refractivity (Wildman–Crippen MR) is 57.5 cm³/mol. The standard InChI is InChI=1S/C11H10F3N3/c1-6-5-17(2)11(15-6)16-10-8(13)3-7(12)4-9(10)14/h3-5H,1-2H3,(H,15,16). The highest BCUT2D eigenvalue weighted by molar-refractivity contribution is 5.55. The highest BCUT2D eigenvalue weighted by Crippen LogP contribution is 2.23. The van der Waals surface area contributed by atoms with Crippen LogP contribution in [-0.2, 0) is 7.05 Å². The number of nitrogens with zero attached hydrogens (tertiary/aromatic N) is 2. The van der Waals surface area contributed by atoms with E-state index in [1.807, 2.05) is 0 Å². The summed E-state index contributed by atoms with van der Waals surface area (Å²) in [6, 6.07) is 1.22. The van der Waals surface area contributed by atoms with Gasteiger partial charge in [-0.25, -0.2) is 18.2 Å². The molecule has 0 bridgehead atoms. The Bertz CT molecular complexity index is 540.